The molecule has 0 aliphatic carbocycles. The Morgan fingerprint density at radius 2 is 1.48 bits per heavy atom. The Labute approximate surface area is 194 Å². The minimum atomic E-state index is -3.71. The molecule has 4 rings (SSSR count). The van der Waals surface area contributed by atoms with E-state index >= 15 is 0 Å². The highest BCUT2D eigenvalue weighted by Crippen LogP contribution is 2.23. The predicted octanol–water partition coefficient (Wildman–Crippen LogP) is 3.65. The molecule has 1 aliphatic heterocycles. The Morgan fingerprint density at radius 1 is 0.909 bits per heavy atom. The van der Waals surface area contributed by atoms with Crippen LogP contribution in [0.25, 0.3) is 0 Å². The standard InChI is InChI=1S/C25H27N3O4S/c1-19(29)21-8-10-24(11-9-21)33(31,32)26-18-20-4-6-22(7-5-20)25(30)28-16-12-23(13-17-28)27-14-2-3-15-27/h2-11,14-15,23,26H,12-13,16-18H2,1H3. The molecule has 8 heteroatoms. The van der Waals surface area contributed by atoms with Crippen molar-refractivity contribution in [1.82, 2.24) is 14.2 Å². The highest BCUT2D eigenvalue weighted by atomic mass is 32.2. The van der Waals surface area contributed by atoms with Crippen molar-refractivity contribution in [3.63, 3.8) is 0 Å². The zero-order valence-corrected chi connectivity index (χ0v) is 19.3. The molecule has 0 atom stereocenters. The third-order valence-corrected chi connectivity index (χ3v) is 7.46. The van der Waals surface area contributed by atoms with E-state index in [1.807, 2.05) is 17.0 Å². The Morgan fingerprint density at radius 3 is 2.06 bits per heavy atom. The number of carbonyl (C=O) groups is 2. The Balaban J connectivity index is 1.32. The van der Waals surface area contributed by atoms with Crippen molar-refractivity contribution < 1.29 is 18.0 Å². The maximum Gasteiger partial charge on any atom is 0.253 e. The number of benzene rings is 2. The van der Waals surface area contributed by atoms with Crippen molar-refractivity contribution in [3.8, 4) is 0 Å². The van der Waals surface area contributed by atoms with E-state index in [-0.39, 0.29) is 23.1 Å². The van der Waals surface area contributed by atoms with Crippen molar-refractivity contribution in [2.75, 3.05) is 13.1 Å². The molecule has 1 fully saturated rings. The molecule has 0 bridgehead atoms. The number of aromatic nitrogens is 1. The minimum absolute atomic E-state index is 0.00125. The lowest BCUT2D eigenvalue weighted by atomic mass is 10.0. The summed E-state index contributed by atoms with van der Waals surface area (Å²) in [7, 11) is -3.71. The van der Waals surface area contributed by atoms with Crippen molar-refractivity contribution in [2.45, 2.75) is 37.2 Å². The number of sulfonamides is 1. The molecule has 1 amide bonds. The molecule has 1 aromatic heterocycles. The first-order chi connectivity index (χ1) is 15.8. The second kappa shape index (κ2) is 9.72. The summed E-state index contributed by atoms with van der Waals surface area (Å²) in [6, 6.07) is 17.3. The number of ketones is 1. The SMILES string of the molecule is CC(=O)c1ccc(S(=O)(=O)NCc2ccc(C(=O)N3CCC(n4cccc4)CC3)cc2)cc1. The summed E-state index contributed by atoms with van der Waals surface area (Å²) in [5.74, 6) is -0.120. The van der Waals surface area contributed by atoms with Crippen LogP contribution in [0.1, 0.15) is 52.1 Å². The van der Waals surface area contributed by atoms with Crippen molar-refractivity contribution in [3.05, 3.63) is 89.7 Å². The van der Waals surface area contributed by atoms with Gasteiger partial charge < -0.3 is 9.47 Å². The third kappa shape index (κ3) is 5.40. The number of hydrogen-bond donors (Lipinski definition) is 1. The highest BCUT2D eigenvalue weighted by Gasteiger charge is 2.24. The highest BCUT2D eigenvalue weighted by molar-refractivity contribution is 7.89. The van der Waals surface area contributed by atoms with Gasteiger partial charge in [-0.1, -0.05) is 24.3 Å². The van der Waals surface area contributed by atoms with Crippen molar-refractivity contribution in [1.29, 1.82) is 0 Å². The second-order valence-corrected chi connectivity index (χ2v) is 10.0. The summed E-state index contributed by atoms with van der Waals surface area (Å²) in [6.45, 7) is 2.97. The van der Waals surface area contributed by atoms with Crippen LogP contribution in [-0.4, -0.2) is 42.7 Å². The first-order valence-corrected chi connectivity index (χ1v) is 12.4. The fourth-order valence-corrected chi connectivity index (χ4v) is 5.05. The van der Waals surface area contributed by atoms with E-state index < -0.39 is 10.0 Å². The van der Waals surface area contributed by atoms with Gasteiger partial charge in [-0.25, -0.2) is 13.1 Å². The number of Topliss-reactive ketones (excluding diaryl/α,β-unsaturated/α-hetero) is 1. The first-order valence-electron chi connectivity index (χ1n) is 10.9. The molecule has 2 aromatic carbocycles. The van der Waals surface area contributed by atoms with Crippen LogP contribution in [0, 0.1) is 0 Å². The number of piperidine rings is 1. The zero-order valence-electron chi connectivity index (χ0n) is 18.5. The monoisotopic (exact) mass is 465 g/mol. The van der Waals surface area contributed by atoms with Gasteiger partial charge in [-0.2, -0.15) is 0 Å². The summed E-state index contributed by atoms with van der Waals surface area (Å²) in [4.78, 5) is 26.2. The first kappa shape index (κ1) is 22.9. The van der Waals surface area contributed by atoms with Gasteiger partial charge in [0.1, 0.15) is 0 Å². The van der Waals surface area contributed by atoms with Gasteiger partial charge in [0.25, 0.3) is 5.91 Å². The van der Waals surface area contributed by atoms with Gasteiger partial charge >= 0.3 is 0 Å². The quantitative estimate of drug-likeness (QED) is 0.540. The number of nitrogens with zero attached hydrogens (tertiary/aromatic N) is 2. The largest absolute Gasteiger partial charge is 0.351 e. The molecule has 172 valence electrons. The summed E-state index contributed by atoms with van der Waals surface area (Å²) in [5, 5.41) is 0. The zero-order chi connectivity index (χ0) is 23.4. The van der Waals surface area contributed by atoms with Crippen LogP contribution in [0.3, 0.4) is 0 Å². The summed E-state index contributed by atoms with van der Waals surface area (Å²) in [6.07, 6.45) is 5.98. The van der Waals surface area contributed by atoms with Crippen LogP contribution >= 0.6 is 0 Å². The number of carbonyl (C=O) groups excluding carboxylic acids is 2. The fraction of sp³-hybridized carbons (Fsp3) is 0.280. The lowest BCUT2D eigenvalue weighted by Crippen LogP contribution is -2.38. The van der Waals surface area contributed by atoms with Crippen LogP contribution in [0.15, 0.2) is 78.0 Å². The Kier molecular flexibility index (Phi) is 6.76. The van der Waals surface area contributed by atoms with E-state index in [0.29, 0.717) is 30.3 Å². The van der Waals surface area contributed by atoms with E-state index in [9.17, 15) is 18.0 Å². The van der Waals surface area contributed by atoms with Crippen LogP contribution in [0.5, 0.6) is 0 Å². The van der Waals surface area contributed by atoms with Gasteiger partial charge in [0.2, 0.25) is 10.0 Å². The molecule has 2 heterocycles. The topological polar surface area (TPSA) is 88.5 Å². The number of amides is 1. The van der Waals surface area contributed by atoms with Crippen LogP contribution < -0.4 is 4.72 Å². The molecular formula is C25H27N3O4S. The maximum atomic E-state index is 12.9. The van der Waals surface area contributed by atoms with E-state index in [0.717, 1.165) is 18.4 Å². The number of rotatable bonds is 7. The molecule has 0 saturated carbocycles. The number of nitrogens with one attached hydrogen (secondary N) is 1. The van der Waals surface area contributed by atoms with Gasteiger partial charge in [-0.3, -0.25) is 9.59 Å². The molecule has 33 heavy (non-hydrogen) atoms. The summed E-state index contributed by atoms with van der Waals surface area (Å²) < 4.78 is 29.8. The van der Waals surface area contributed by atoms with E-state index in [4.69, 9.17) is 0 Å². The average molecular weight is 466 g/mol. The van der Waals surface area contributed by atoms with E-state index in [1.165, 1.54) is 31.2 Å². The second-order valence-electron chi connectivity index (χ2n) is 8.26. The third-order valence-electron chi connectivity index (χ3n) is 6.04. The Hall–Kier alpha value is -3.23. The normalized spacial score (nSPS) is 14.9. The summed E-state index contributed by atoms with van der Waals surface area (Å²) in [5.41, 5.74) is 1.81. The van der Waals surface area contributed by atoms with Crippen LogP contribution in [0.2, 0.25) is 0 Å². The fourth-order valence-electron chi connectivity index (χ4n) is 4.04. The Bertz CT molecular complexity index is 1210. The molecular weight excluding hydrogens is 438 g/mol. The van der Waals surface area contributed by atoms with E-state index in [2.05, 4.69) is 21.7 Å². The average Bonchev–Trinajstić information content (AvgIpc) is 3.38. The molecule has 0 radical (unpaired) electrons. The minimum Gasteiger partial charge on any atom is -0.351 e. The molecule has 1 aliphatic rings. The summed E-state index contributed by atoms with van der Waals surface area (Å²) >= 11 is 0. The van der Waals surface area contributed by atoms with Gasteiger partial charge in [0.05, 0.1) is 4.90 Å². The lowest BCUT2D eigenvalue weighted by molar-refractivity contribution is 0.0694. The van der Waals surface area contributed by atoms with E-state index in [1.54, 1.807) is 24.3 Å². The smallest absolute Gasteiger partial charge is 0.253 e. The van der Waals surface area contributed by atoms with Crippen molar-refractivity contribution >= 4 is 21.7 Å². The molecule has 0 spiro atoms. The lowest BCUT2D eigenvalue weighted by Gasteiger charge is -2.32. The van der Waals surface area contributed by atoms with Crippen molar-refractivity contribution in [2.24, 2.45) is 0 Å². The van der Waals surface area contributed by atoms with Crippen LogP contribution in [0.4, 0.5) is 0 Å². The molecule has 3 aromatic rings. The number of hydrogen-bond acceptors (Lipinski definition) is 4. The maximum absolute atomic E-state index is 12.9. The predicted molar refractivity (Wildman–Crippen MR) is 126 cm³/mol. The molecule has 1 N–H and O–H groups in total. The van der Waals surface area contributed by atoms with Gasteiger partial charge in [-0.15, -0.1) is 0 Å². The number of likely N-dealkylation sites (tertiary alicyclic amines) is 1. The molecule has 7 nitrogen and oxygen atoms in total. The van der Waals surface area contributed by atoms with Crippen LogP contribution in [-0.2, 0) is 16.6 Å². The van der Waals surface area contributed by atoms with Gasteiger partial charge in [0, 0.05) is 49.2 Å². The van der Waals surface area contributed by atoms with Gasteiger partial charge in [0.15, 0.2) is 5.78 Å². The van der Waals surface area contributed by atoms with Gasteiger partial charge in [-0.05, 0) is 61.7 Å². The molecule has 1 saturated heterocycles. The molecule has 0 unspecified atom stereocenters.